The minimum Gasteiger partial charge on any atom is -0.289 e. The third-order valence-corrected chi connectivity index (χ3v) is 3.20. The molecule has 0 fully saturated rings. The molecule has 0 atom stereocenters. The first-order valence-electron chi connectivity index (χ1n) is 6.21. The van der Waals surface area contributed by atoms with Crippen molar-refractivity contribution in [3.05, 3.63) is 77.5 Å². The highest BCUT2D eigenvalue weighted by molar-refractivity contribution is 6.15. The minimum absolute atomic E-state index is 0.0404. The van der Waals surface area contributed by atoms with E-state index in [1.54, 1.807) is 6.20 Å². The first-order chi connectivity index (χ1) is 9.25. The third kappa shape index (κ3) is 2.13. The number of pyridine rings is 1. The van der Waals surface area contributed by atoms with E-state index in [0.29, 0.717) is 11.1 Å². The van der Waals surface area contributed by atoms with E-state index >= 15 is 0 Å². The van der Waals surface area contributed by atoms with E-state index in [-0.39, 0.29) is 5.78 Å². The zero-order valence-corrected chi connectivity index (χ0v) is 10.6. The Morgan fingerprint density at radius 3 is 2.53 bits per heavy atom. The molecule has 0 bridgehead atoms. The van der Waals surface area contributed by atoms with E-state index in [0.717, 1.165) is 16.5 Å². The van der Waals surface area contributed by atoms with Gasteiger partial charge < -0.3 is 0 Å². The molecule has 2 nitrogen and oxygen atoms in total. The number of nitrogens with zero attached hydrogens (tertiary/aromatic N) is 1. The van der Waals surface area contributed by atoms with Gasteiger partial charge in [-0.25, -0.2) is 0 Å². The fourth-order valence-electron chi connectivity index (χ4n) is 2.16. The smallest absolute Gasteiger partial charge is 0.193 e. The van der Waals surface area contributed by atoms with Crippen molar-refractivity contribution in [3.63, 3.8) is 0 Å². The zero-order chi connectivity index (χ0) is 13.2. The van der Waals surface area contributed by atoms with Gasteiger partial charge in [-0.2, -0.15) is 0 Å². The summed E-state index contributed by atoms with van der Waals surface area (Å²) in [5.41, 5.74) is 3.41. The molecule has 0 saturated carbocycles. The maximum absolute atomic E-state index is 12.5. The molecule has 1 heterocycles. The van der Waals surface area contributed by atoms with Crippen LogP contribution in [0.25, 0.3) is 10.9 Å². The topological polar surface area (TPSA) is 30.0 Å². The highest BCUT2D eigenvalue weighted by Crippen LogP contribution is 2.20. The summed E-state index contributed by atoms with van der Waals surface area (Å²) in [5.74, 6) is 0.0404. The van der Waals surface area contributed by atoms with Gasteiger partial charge in [0.05, 0.1) is 5.52 Å². The fraction of sp³-hybridized carbons (Fsp3) is 0.0588. The minimum atomic E-state index is 0.0404. The van der Waals surface area contributed by atoms with Gasteiger partial charge in [-0.1, -0.05) is 48.0 Å². The second kappa shape index (κ2) is 4.65. The van der Waals surface area contributed by atoms with Crippen LogP contribution in [0, 0.1) is 6.92 Å². The number of aryl methyl sites for hydroxylation is 1. The van der Waals surface area contributed by atoms with E-state index in [1.807, 2.05) is 61.5 Å². The molecule has 2 heteroatoms. The van der Waals surface area contributed by atoms with Gasteiger partial charge in [-0.05, 0) is 19.1 Å². The van der Waals surface area contributed by atoms with E-state index in [2.05, 4.69) is 4.98 Å². The van der Waals surface area contributed by atoms with Gasteiger partial charge >= 0.3 is 0 Å². The van der Waals surface area contributed by atoms with Crippen LogP contribution in [0.2, 0.25) is 0 Å². The molecule has 0 N–H and O–H groups in total. The maximum Gasteiger partial charge on any atom is 0.193 e. The molecule has 0 aliphatic heterocycles. The lowest BCUT2D eigenvalue weighted by Gasteiger charge is -2.05. The van der Waals surface area contributed by atoms with Crippen LogP contribution >= 0.6 is 0 Å². The average Bonchev–Trinajstić information content (AvgIpc) is 2.47. The van der Waals surface area contributed by atoms with Crippen molar-refractivity contribution < 1.29 is 4.79 Å². The van der Waals surface area contributed by atoms with Gasteiger partial charge in [-0.15, -0.1) is 0 Å². The quantitative estimate of drug-likeness (QED) is 0.645. The second-order valence-corrected chi connectivity index (χ2v) is 4.57. The lowest BCUT2D eigenvalue weighted by atomic mass is 9.98. The summed E-state index contributed by atoms with van der Waals surface area (Å²) in [4.78, 5) is 16.8. The summed E-state index contributed by atoms with van der Waals surface area (Å²) in [5, 5.41) is 0.899. The predicted molar refractivity (Wildman–Crippen MR) is 76.4 cm³/mol. The van der Waals surface area contributed by atoms with Gasteiger partial charge in [-0.3, -0.25) is 9.78 Å². The molecule has 92 valence electrons. The van der Waals surface area contributed by atoms with Crippen molar-refractivity contribution in [1.29, 1.82) is 0 Å². The number of hydrogen-bond acceptors (Lipinski definition) is 2. The van der Waals surface area contributed by atoms with Crippen molar-refractivity contribution >= 4 is 16.7 Å². The summed E-state index contributed by atoms with van der Waals surface area (Å²) in [6.45, 7) is 2.01. The molecule has 0 aliphatic rings. The molecule has 19 heavy (non-hydrogen) atoms. The highest BCUT2D eigenvalue weighted by Gasteiger charge is 2.12. The molecule has 0 unspecified atom stereocenters. The largest absolute Gasteiger partial charge is 0.289 e. The first-order valence-corrected chi connectivity index (χ1v) is 6.21. The van der Waals surface area contributed by atoms with Crippen molar-refractivity contribution in [2.24, 2.45) is 0 Å². The molecule has 0 spiro atoms. The molecule has 3 rings (SSSR count). The molecule has 2 aromatic carbocycles. The Bertz CT molecular complexity index is 739. The Kier molecular flexibility index (Phi) is 2.84. The number of rotatable bonds is 2. The molecule has 0 radical (unpaired) electrons. The van der Waals surface area contributed by atoms with Crippen molar-refractivity contribution in [1.82, 2.24) is 4.98 Å². The Balaban J connectivity index is 2.14. The molecule has 3 aromatic rings. The molecular formula is C17H13NO. The number of hydrogen-bond donors (Lipinski definition) is 0. The molecular weight excluding hydrogens is 234 g/mol. The monoisotopic (exact) mass is 247 g/mol. The van der Waals surface area contributed by atoms with E-state index in [9.17, 15) is 4.79 Å². The number of aromatic nitrogens is 1. The third-order valence-electron chi connectivity index (χ3n) is 3.20. The summed E-state index contributed by atoms with van der Waals surface area (Å²) in [7, 11) is 0. The van der Waals surface area contributed by atoms with E-state index in [4.69, 9.17) is 0 Å². The molecule has 0 amide bonds. The van der Waals surface area contributed by atoms with Crippen molar-refractivity contribution in [2.45, 2.75) is 6.92 Å². The SMILES string of the molecule is Cc1ccc(C(=O)c2cccc3ncccc23)cc1. The molecule has 0 saturated heterocycles. The Labute approximate surface area is 111 Å². The first kappa shape index (κ1) is 11.6. The Morgan fingerprint density at radius 2 is 1.74 bits per heavy atom. The number of carbonyl (C=O) groups excluding carboxylic acids is 1. The van der Waals surface area contributed by atoms with E-state index in [1.165, 1.54) is 0 Å². The number of carbonyl (C=O) groups is 1. The Hall–Kier alpha value is -2.48. The van der Waals surface area contributed by atoms with Crippen LogP contribution in [0.4, 0.5) is 0 Å². The number of benzene rings is 2. The average molecular weight is 247 g/mol. The van der Waals surface area contributed by atoms with Crippen LogP contribution in [0.3, 0.4) is 0 Å². The van der Waals surface area contributed by atoms with E-state index < -0.39 is 0 Å². The van der Waals surface area contributed by atoms with Gasteiger partial charge in [0.1, 0.15) is 0 Å². The summed E-state index contributed by atoms with van der Waals surface area (Å²) in [6.07, 6.45) is 1.74. The van der Waals surface area contributed by atoms with Gasteiger partial charge in [0.2, 0.25) is 0 Å². The van der Waals surface area contributed by atoms with Crippen molar-refractivity contribution in [3.8, 4) is 0 Å². The van der Waals surface area contributed by atoms with Crippen LogP contribution in [0.15, 0.2) is 60.8 Å². The second-order valence-electron chi connectivity index (χ2n) is 4.57. The normalized spacial score (nSPS) is 10.6. The summed E-state index contributed by atoms with van der Waals surface area (Å²) < 4.78 is 0. The standard InChI is InChI=1S/C17H13NO/c1-12-7-9-13(10-8-12)17(19)15-4-2-6-16-14(15)5-3-11-18-16/h2-11H,1H3. The van der Waals surface area contributed by atoms with Crippen LogP contribution in [0.5, 0.6) is 0 Å². The van der Waals surface area contributed by atoms with Crippen molar-refractivity contribution in [2.75, 3.05) is 0 Å². The van der Waals surface area contributed by atoms with Crippen LogP contribution in [-0.4, -0.2) is 10.8 Å². The molecule has 1 aromatic heterocycles. The molecule has 0 aliphatic carbocycles. The lowest BCUT2D eigenvalue weighted by Crippen LogP contribution is -2.02. The van der Waals surface area contributed by atoms with Gasteiger partial charge in [0.15, 0.2) is 5.78 Å². The number of ketones is 1. The number of fused-ring (bicyclic) bond motifs is 1. The summed E-state index contributed by atoms with van der Waals surface area (Å²) >= 11 is 0. The van der Waals surface area contributed by atoms with Gasteiger partial charge in [0, 0.05) is 22.7 Å². The predicted octanol–water partition coefficient (Wildman–Crippen LogP) is 3.77. The van der Waals surface area contributed by atoms with Crippen LogP contribution in [0.1, 0.15) is 21.5 Å². The maximum atomic E-state index is 12.5. The summed E-state index contributed by atoms with van der Waals surface area (Å²) in [6, 6.07) is 17.1. The zero-order valence-electron chi connectivity index (χ0n) is 10.6. The van der Waals surface area contributed by atoms with Crippen LogP contribution < -0.4 is 0 Å². The lowest BCUT2D eigenvalue weighted by molar-refractivity contribution is 0.104. The Morgan fingerprint density at radius 1 is 0.947 bits per heavy atom. The van der Waals surface area contributed by atoms with Crippen LogP contribution in [-0.2, 0) is 0 Å². The fourth-order valence-corrected chi connectivity index (χ4v) is 2.16. The van der Waals surface area contributed by atoms with Gasteiger partial charge in [0.25, 0.3) is 0 Å². The highest BCUT2D eigenvalue weighted by atomic mass is 16.1.